The minimum Gasteiger partial charge on any atom is -0.284 e. The maximum Gasteiger partial charge on any atom is 0.299 e. The highest BCUT2D eigenvalue weighted by atomic mass is 32.2. The minimum atomic E-state index is -2.61. The molecule has 0 fully saturated rings. The summed E-state index contributed by atoms with van der Waals surface area (Å²) in [6.07, 6.45) is 0. The van der Waals surface area contributed by atoms with Crippen molar-refractivity contribution in [3.63, 3.8) is 0 Å². The SMILES string of the molecule is O=S(O)O.c1ccc2cc3ccccc3cc2c1. The Hall–Kier alpha value is -1.75. The highest BCUT2D eigenvalue weighted by Gasteiger charge is 1.95. The fourth-order valence-electron chi connectivity index (χ4n) is 1.88. The Balaban J connectivity index is 0.000000267. The first-order valence-corrected chi connectivity index (χ1v) is 6.40. The van der Waals surface area contributed by atoms with Crippen LogP contribution < -0.4 is 0 Å². The van der Waals surface area contributed by atoms with Crippen LogP contribution in [0.2, 0.25) is 0 Å². The molecule has 0 saturated carbocycles. The van der Waals surface area contributed by atoms with Gasteiger partial charge in [0, 0.05) is 0 Å². The molecule has 3 aromatic rings. The van der Waals surface area contributed by atoms with E-state index in [1.165, 1.54) is 21.5 Å². The van der Waals surface area contributed by atoms with Crippen LogP contribution in [0.1, 0.15) is 0 Å². The first-order valence-electron chi connectivity index (χ1n) is 5.34. The van der Waals surface area contributed by atoms with E-state index in [4.69, 9.17) is 13.3 Å². The molecular weight excluding hydrogens is 248 g/mol. The van der Waals surface area contributed by atoms with E-state index in [0.29, 0.717) is 0 Å². The molecule has 0 heterocycles. The quantitative estimate of drug-likeness (QED) is 0.479. The summed E-state index contributed by atoms with van der Waals surface area (Å²) in [5, 5.41) is 5.25. The van der Waals surface area contributed by atoms with Crippen LogP contribution in [0.3, 0.4) is 0 Å². The predicted octanol–water partition coefficient (Wildman–Crippen LogP) is 3.67. The maximum absolute atomic E-state index is 8.67. The normalized spacial score (nSPS) is 10.4. The molecule has 0 radical (unpaired) electrons. The van der Waals surface area contributed by atoms with E-state index in [1.54, 1.807) is 0 Å². The molecule has 0 atom stereocenters. The zero-order valence-electron chi connectivity index (χ0n) is 9.48. The molecule has 0 saturated heterocycles. The largest absolute Gasteiger partial charge is 0.299 e. The van der Waals surface area contributed by atoms with Gasteiger partial charge in [-0.05, 0) is 33.7 Å². The number of benzene rings is 3. The summed E-state index contributed by atoms with van der Waals surface area (Å²) in [5.74, 6) is 0. The van der Waals surface area contributed by atoms with Gasteiger partial charge in [-0.3, -0.25) is 9.11 Å². The molecule has 0 spiro atoms. The highest BCUT2D eigenvalue weighted by molar-refractivity contribution is 7.73. The zero-order valence-corrected chi connectivity index (χ0v) is 10.3. The van der Waals surface area contributed by atoms with E-state index < -0.39 is 11.4 Å². The summed E-state index contributed by atoms with van der Waals surface area (Å²) < 4.78 is 22.8. The van der Waals surface area contributed by atoms with Crippen molar-refractivity contribution < 1.29 is 13.3 Å². The fraction of sp³-hybridized carbons (Fsp3) is 0. The molecule has 3 nitrogen and oxygen atoms in total. The Labute approximate surface area is 107 Å². The second-order valence-electron chi connectivity index (χ2n) is 3.78. The second-order valence-corrected chi connectivity index (χ2v) is 4.24. The zero-order chi connectivity index (χ0) is 13.0. The lowest BCUT2D eigenvalue weighted by Gasteiger charge is -2.00. The van der Waals surface area contributed by atoms with E-state index in [0.717, 1.165) is 0 Å². The molecule has 0 aliphatic heterocycles. The lowest BCUT2D eigenvalue weighted by atomic mass is 10.0. The highest BCUT2D eigenvalue weighted by Crippen LogP contribution is 2.21. The molecule has 3 aromatic carbocycles. The average Bonchev–Trinajstić information content (AvgIpc) is 2.35. The van der Waals surface area contributed by atoms with Gasteiger partial charge < -0.3 is 0 Å². The molecule has 0 aliphatic rings. The Bertz CT molecular complexity index is 586. The molecule has 0 aromatic heterocycles. The van der Waals surface area contributed by atoms with Crippen LogP contribution in [0.4, 0.5) is 0 Å². The second kappa shape index (κ2) is 5.73. The first kappa shape index (κ1) is 12.7. The lowest BCUT2D eigenvalue weighted by molar-refractivity contribution is 0.454. The van der Waals surface area contributed by atoms with E-state index in [1.807, 2.05) is 0 Å². The van der Waals surface area contributed by atoms with Crippen LogP contribution in [0, 0.1) is 0 Å². The molecule has 0 amide bonds. The topological polar surface area (TPSA) is 57.5 Å². The average molecular weight is 260 g/mol. The Morgan fingerprint density at radius 2 is 0.889 bits per heavy atom. The summed E-state index contributed by atoms with van der Waals surface area (Å²) in [4.78, 5) is 0. The van der Waals surface area contributed by atoms with Crippen molar-refractivity contribution >= 4 is 32.9 Å². The molecule has 3 rings (SSSR count). The smallest absolute Gasteiger partial charge is 0.284 e. The van der Waals surface area contributed by atoms with Crippen LogP contribution >= 0.6 is 0 Å². The third kappa shape index (κ3) is 3.13. The van der Waals surface area contributed by atoms with Crippen LogP contribution in [0.15, 0.2) is 60.7 Å². The summed E-state index contributed by atoms with van der Waals surface area (Å²) >= 11 is -2.61. The standard InChI is InChI=1S/C14H10.H2O3S/c1-2-6-12-10-14-8-4-3-7-13(14)9-11(12)5-1;1-4(2)3/h1-10H;(H2,1,2,3). The van der Waals surface area contributed by atoms with E-state index in [9.17, 15) is 0 Å². The molecule has 4 heteroatoms. The van der Waals surface area contributed by atoms with E-state index in [2.05, 4.69) is 60.7 Å². The van der Waals surface area contributed by atoms with Gasteiger partial charge in [0.25, 0.3) is 11.4 Å². The number of hydrogen-bond donors (Lipinski definition) is 2. The van der Waals surface area contributed by atoms with Gasteiger partial charge in [0.2, 0.25) is 0 Å². The van der Waals surface area contributed by atoms with Crippen LogP contribution in [-0.2, 0) is 11.4 Å². The summed E-state index contributed by atoms with van der Waals surface area (Å²) in [7, 11) is 0. The first-order chi connectivity index (χ1) is 8.66. The number of rotatable bonds is 0. The molecule has 0 unspecified atom stereocenters. The van der Waals surface area contributed by atoms with Crippen molar-refractivity contribution in [3.05, 3.63) is 60.7 Å². The van der Waals surface area contributed by atoms with Crippen molar-refractivity contribution in [1.29, 1.82) is 0 Å². The van der Waals surface area contributed by atoms with Crippen molar-refractivity contribution in [1.82, 2.24) is 0 Å². The van der Waals surface area contributed by atoms with Gasteiger partial charge in [-0.2, -0.15) is 4.21 Å². The van der Waals surface area contributed by atoms with Gasteiger partial charge in [0.05, 0.1) is 0 Å². The monoisotopic (exact) mass is 260 g/mol. The van der Waals surface area contributed by atoms with E-state index in [-0.39, 0.29) is 0 Å². The van der Waals surface area contributed by atoms with E-state index >= 15 is 0 Å². The lowest BCUT2D eigenvalue weighted by Crippen LogP contribution is -1.74. The Morgan fingerprint density at radius 3 is 1.11 bits per heavy atom. The summed E-state index contributed by atoms with van der Waals surface area (Å²) in [5.41, 5.74) is 0. The van der Waals surface area contributed by atoms with Gasteiger partial charge in [-0.15, -0.1) is 0 Å². The minimum absolute atomic E-state index is 1.31. The molecule has 18 heavy (non-hydrogen) atoms. The van der Waals surface area contributed by atoms with Crippen LogP contribution in [0.5, 0.6) is 0 Å². The van der Waals surface area contributed by atoms with Gasteiger partial charge in [-0.25, -0.2) is 0 Å². The third-order valence-electron chi connectivity index (χ3n) is 2.61. The van der Waals surface area contributed by atoms with Crippen LogP contribution in [0.25, 0.3) is 21.5 Å². The molecule has 92 valence electrons. The van der Waals surface area contributed by atoms with Crippen molar-refractivity contribution in [2.24, 2.45) is 0 Å². The predicted molar refractivity (Wildman–Crippen MR) is 74.9 cm³/mol. The fourth-order valence-corrected chi connectivity index (χ4v) is 1.88. The van der Waals surface area contributed by atoms with Gasteiger partial charge in [0.1, 0.15) is 0 Å². The van der Waals surface area contributed by atoms with Crippen molar-refractivity contribution in [2.75, 3.05) is 0 Å². The molecular formula is C14H12O3S. The van der Waals surface area contributed by atoms with Crippen LogP contribution in [-0.4, -0.2) is 13.3 Å². The molecule has 0 bridgehead atoms. The maximum atomic E-state index is 8.67. The Morgan fingerprint density at radius 1 is 0.667 bits per heavy atom. The van der Waals surface area contributed by atoms with Crippen molar-refractivity contribution in [2.45, 2.75) is 0 Å². The number of hydrogen-bond acceptors (Lipinski definition) is 1. The van der Waals surface area contributed by atoms with Crippen molar-refractivity contribution in [3.8, 4) is 0 Å². The molecule has 0 aliphatic carbocycles. The van der Waals surface area contributed by atoms with Gasteiger partial charge in [-0.1, -0.05) is 48.5 Å². The summed E-state index contributed by atoms with van der Waals surface area (Å²) in [6, 6.07) is 21.4. The van der Waals surface area contributed by atoms with Gasteiger partial charge in [0.15, 0.2) is 0 Å². The Kier molecular flexibility index (Phi) is 4.04. The number of fused-ring (bicyclic) bond motifs is 2. The third-order valence-corrected chi connectivity index (χ3v) is 2.61. The molecule has 2 N–H and O–H groups in total. The van der Waals surface area contributed by atoms with Gasteiger partial charge >= 0.3 is 0 Å². The summed E-state index contributed by atoms with van der Waals surface area (Å²) in [6.45, 7) is 0.